The van der Waals surface area contributed by atoms with E-state index in [-0.39, 0.29) is 23.8 Å². The molecule has 0 bridgehead atoms. The van der Waals surface area contributed by atoms with E-state index in [0.717, 1.165) is 41.4 Å². The Morgan fingerprint density at radius 1 is 1.12 bits per heavy atom. The number of likely N-dealkylation sites (N-methyl/N-ethyl adjacent to an activating group) is 1. The van der Waals surface area contributed by atoms with Crippen LogP contribution in [0.2, 0.25) is 0 Å². The zero-order valence-corrected chi connectivity index (χ0v) is 23.7. The van der Waals surface area contributed by atoms with Gasteiger partial charge in [-0.05, 0) is 88.7 Å². The quantitative estimate of drug-likeness (QED) is 0.402. The number of carbonyl (C=O) groups is 3. The van der Waals surface area contributed by atoms with E-state index in [1.54, 1.807) is 24.3 Å². The molecule has 9 nitrogen and oxygen atoms in total. The molecule has 0 saturated carbocycles. The summed E-state index contributed by atoms with van der Waals surface area (Å²) < 4.78 is 2.09. The molecule has 1 fully saturated rings. The monoisotopic (exact) mass is 542 g/mol. The van der Waals surface area contributed by atoms with Crippen LogP contribution in [-0.2, 0) is 9.59 Å². The minimum atomic E-state index is -0.349. The molecule has 9 heteroatoms. The van der Waals surface area contributed by atoms with Crippen LogP contribution in [0, 0.1) is 13.8 Å². The third-order valence-electron chi connectivity index (χ3n) is 6.98. The Morgan fingerprint density at radius 3 is 2.67 bits per heavy atom. The van der Waals surface area contributed by atoms with Gasteiger partial charge in [-0.1, -0.05) is 24.8 Å². The van der Waals surface area contributed by atoms with Gasteiger partial charge in [0.1, 0.15) is 0 Å². The van der Waals surface area contributed by atoms with Crippen LogP contribution >= 0.6 is 0 Å². The van der Waals surface area contributed by atoms with Crippen LogP contribution < -0.4 is 10.6 Å². The number of fused-ring (bicyclic) bond motifs is 1. The maximum Gasteiger partial charge on any atom is 0.258 e. The average molecular weight is 543 g/mol. The number of nitrogens with zero attached hydrogens (tertiary/aromatic N) is 4. The van der Waals surface area contributed by atoms with Gasteiger partial charge in [0, 0.05) is 37.0 Å². The van der Waals surface area contributed by atoms with Gasteiger partial charge in [-0.15, -0.1) is 0 Å². The van der Waals surface area contributed by atoms with Gasteiger partial charge in [-0.3, -0.25) is 19.7 Å². The van der Waals surface area contributed by atoms with Crippen LogP contribution in [0.5, 0.6) is 0 Å². The van der Waals surface area contributed by atoms with Gasteiger partial charge in [0.2, 0.25) is 17.8 Å². The highest BCUT2D eigenvalue weighted by molar-refractivity contribution is 6.06. The fourth-order valence-corrected chi connectivity index (χ4v) is 5.12. The number of imidazole rings is 1. The van der Waals surface area contributed by atoms with Crippen molar-refractivity contribution in [1.29, 1.82) is 0 Å². The molecule has 2 aromatic carbocycles. The van der Waals surface area contributed by atoms with Crippen molar-refractivity contribution in [3.05, 3.63) is 77.9 Å². The SMILES string of the molecule is C=CC(=O)Nc1cc(C)cc(C(=O)Nc2nc3cccc(C)c3n2[C@@H]2CCCCN(C(=O)/C=C/CN(C)C)C2)c1. The lowest BCUT2D eigenvalue weighted by Crippen LogP contribution is -2.35. The molecule has 3 aromatic rings. The molecule has 1 aromatic heterocycles. The molecule has 2 N–H and O–H groups in total. The molecule has 3 amide bonds. The van der Waals surface area contributed by atoms with Crippen molar-refractivity contribution in [3.8, 4) is 0 Å². The van der Waals surface area contributed by atoms with E-state index >= 15 is 0 Å². The fraction of sp³-hybridized carbons (Fsp3) is 0.355. The molecule has 1 aliphatic heterocycles. The number of aromatic nitrogens is 2. The predicted octanol–water partition coefficient (Wildman–Crippen LogP) is 4.70. The fourth-order valence-electron chi connectivity index (χ4n) is 5.12. The third-order valence-corrected chi connectivity index (χ3v) is 6.98. The van der Waals surface area contributed by atoms with E-state index in [1.807, 2.05) is 62.0 Å². The molecule has 210 valence electrons. The van der Waals surface area contributed by atoms with Crippen LogP contribution in [0.1, 0.15) is 46.8 Å². The van der Waals surface area contributed by atoms with Crippen LogP contribution in [0.25, 0.3) is 11.0 Å². The first-order valence-corrected chi connectivity index (χ1v) is 13.6. The number of rotatable bonds is 8. The molecular formula is C31H38N6O3. The highest BCUT2D eigenvalue weighted by Gasteiger charge is 2.27. The van der Waals surface area contributed by atoms with Gasteiger partial charge in [0.25, 0.3) is 5.91 Å². The molecule has 0 unspecified atom stereocenters. The summed E-state index contributed by atoms with van der Waals surface area (Å²) >= 11 is 0. The molecule has 1 aliphatic rings. The second-order valence-corrected chi connectivity index (χ2v) is 10.6. The molecule has 2 heterocycles. The van der Waals surface area contributed by atoms with Gasteiger partial charge >= 0.3 is 0 Å². The van der Waals surface area contributed by atoms with Crippen molar-refractivity contribution in [2.24, 2.45) is 0 Å². The lowest BCUT2D eigenvalue weighted by atomic mass is 10.1. The number of aryl methyl sites for hydroxylation is 2. The summed E-state index contributed by atoms with van der Waals surface area (Å²) in [6.45, 7) is 9.30. The number of para-hydroxylation sites is 1. The lowest BCUT2D eigenvalue weighted by molar-refractivity contribution is -0.126. The van der Waals surface area contributed by atoms with Crippen LogP contribution in [0.4, 0.5) is 11.6 Å². The average Bonchev–Trinajstić information content (AvgIpc) is 3.09. The third kappa shape index (κ3) is 6.84. The Hall–Kier alpha value is -4.24. The Labute approximate surface area is 235 Å². The van der Waals surface area contributed by atoms with Crippen molar-refractivity contribution in [2.75, 3.05) is 44.4 Å². The summed E-state index contributed by atoms with van der Waals surface area (Å²) in [6, 6.07) is 11.1. The normalized spacial score (nSPS) is 15.8. The topological polar surface area (TPSA) is 99.6 Å². The van der Waals surface area contributed by atoms with E-state index in [4.69, 9.17) is 4.98 Å². The number of nitrogens with one attached hydrogen (secondary N) is 2. The zero-order valence-electron chi connectivity index (χ0n) is 23.7. The van der Waals surface area contributed by atoms with Gasteiger partial charge in [-0.25, -0.2) is 4.98 Å². The van der Waals surface area contributed by atoms with Crippen molar-refractivity contribution in [1.82, 2.24) is 19.4 Å². The van der Waals surface area contributed by atoms with Gasteiger partial charge in [-0.2, -0.15) is 0 Å². The molecule has 0 aliphatic carbocycles. The Kier molecular flexibility index (Phi) is 9.16. The van der Waals surface area contributed by atoms with Gasteiger partial charge in [0.05, 0.1) is 17.1 Å². The molecule has 4 rings (SSSR count). The molecule has 1 saturated heterocycles. The maximum absolute atomic E-state index is 13.5. The summed E-state index contributed by atoms with van der Waals surface area (Å²) in [5.41, 5.74) is 4.52. The largest absolute Gasteiger partial charge is 0.337 e. The first kappa shape index (κ1) is 28.8. The highest BCUT2D eigenvalue weighted by atomic mass is 16.2. The summed E-state index contributed by atoms with van der Waals surface area (Å²) in [7, 11) is 3.93. The molecule has 0 spiro atoms. The van der Waals surface area contributed by atoms with E-state index in [9.17, 15) is 14.4 Å². The van der Waals surface area contributed by atoms with Gasteiger partial charge in [0.15, 0.2) is 0 Å². The minimum Gasteiger partial charge on any atom is -0.337 e. The van der Waals surface area contributed by atoms with Gasteiger partial charge < -0.3 is 19.7 Å². The number of hydrogen-bond donors (Lipinski definition) is 2. The van der Waals surface area contributed by atoms with Crippen LogP contribution in [-0.4, -0.2) is 70.8 Å². The first-order chi connectivity index (χ1) is 19.2. The first-order valence-electron chi connectivity index (χ1n) is 13.6. The van der Waals surface area contributed by atoms with Crippen LogP contribution in [0.3, 0.4) is 0 Å². The number of benzene rings is 2. The lowest BCUT2D eigenvalue weighted by Gasteiger charge is -2.26. The summed E-state index contributed by atoms with van der Waals surface area (Å²) in [6.07, 6.45) is 7.46. The summed E-state index contributed by atoms with van der Waals surface area (Å²) in [5.74, 6) is -0.247. The Morgan fingerprint density at radius 2 is 1.93 bits per heavy atom. The molecule has 1 atom stereocenters. The number of amides is 3. The van der Waals surface area contributed by atoms with Crippen molar-refractivity contribution >= 4 is 40.4 Å². The molecule has 0 radical (unpaired) electrons. The maximum atomic E-state index is 13.5. The van der Waals surface area contributed by atoms with Crippen molar-refractivity contribution in [3.63, 3.8) is 0 Å². The number of anilines is 2. The smallest absolute Gasteiger partial charge is 0.258 e. The van der Waals surface area contributed by atoms with E-state index in [1.165, 1.54) is 6.08 Å². The van der Waals surface area contributed by atoms with Crippen LogP contribution in [0.15, 0.2) is 61.2 Å². The standard InChI is InChI=1S/C31H38N6O3/c1-6-27(38)32-24-18-21(2)17-23(19-24)30(40)34-31-33-26-13-9-11-22(3)29(26)37(31)25-12-7-8-16-36(20-25)28(39)14-10-15-35(4)5/h6,9-11,13-14,17-19,25H,1,7-8,12,15-16,20H2,2-5H3,(H,32,38)(H,33,34,40)/b14-10+/t25-/m1/s1. The summed E-state index contributed by atoms with van der Waals surface area (Å²) in [4.78, 5) is 47.1. The number of hydrogen-bond acceptors (Lipinski definition) is 5. The van der Waals surface area contributed by atoms with Crippen molar-refractivity contribution in [2.45, 2.75) is 39.2 Å². The molecule has 40 heavy (non-hydrogen) atoms. The zero-order chi connectivity index (χ0) is 28.8. The number of carbonyl (C=O) groups excluding carboxylic acids is 3. The van der Waals surface area contributed by atoms with Crippen molar-refractivity contribution < 1.29 is 14.4 Å². The Bertz CT molecular complexity index is 1450. The van der Waals surface area contributed by atoms with E-state index in [0.29, 0.717) is 36.8 Å². The second-order valence-electron chi connectivity index (χ2n) is 10.6. The number of likely N-dealkylation sites (tertiary alicyclic amines) is 1. The van der Waals surface area contributed by atoms with E-state index < -0.39 is 0 Å². The highest BCUT2D eigenvalue weighted by Crippen LogP contribution is 2.32. The second kappa shape index (κ2) is 12.7. The summed E-state index contributed by atoms with van der Waals surface area (Å²) in [5, 5.41) is 5.75. The minimum absolute atomic E-state index is 0.00524. The predicted molar refractivity (Wildman–Crippen MR) is 160 cm³/mol. The molecular weight excluding hydrogens is 504 g/mol. The Balaban J connectivity index is 1.67. The van der Waals surface area contributed by atoms with E-state index in [2.05, 4.69) is 21.8 Å².